The monoisotopic (exact) mass is 494 g/mol. The van der Waals surface area contributed by atoms with Gasteiger partial charge in [-0.25, -0.2) is 9.78 Å². The molecule has 1 N–H and O–H groups in total. The van der Waals surface area contributed by atoms with E-state index < -0.39 is 17.1 Å². The molecular weight excluding hydrogens is 464 g/mol. The van der Waals surface area contributed by atoms with E-state index in [0.29, 0.717) is 16.8 Å². The summed E-state index contributed by atoms with van der Waals surface area (Å²) < 4.78 is 11.4. The van der Waals surface area contributed by atoms with Crippen LogP contribution in [0.5, 0.6) is 5.75 Å². The van der Waals surface area contributed by atoms with Crippen molar-refractivity contribution in [2.75, 3.05) is 0 Å². The van der Waals surface area contributed by atoms with Gasteiger partial charge in [-0.2, -0.15) is 0 Å². The van der Waals surface area contributed by atoms with E-state index in [2.05, 4.69) is 9.97 Å². The predicted octanol–water partition coefficient (Wildman–Crippen LogP) is 6.28. The van der Waals surface area contributed by atoms with Crippen LogP contribution in [0, 0.1) is 5.92 Å². The number of halogens is 1. The lowest BCUT2D eigenvalue weighted by atomic mass is 9.84. The Hall–Kier alpha value is -3.12. The Morgan fingerprint density at radius 3 is 2.37 bits per heavy atom. The fourth-order valence-corrected chi connectivity index (χ4v) is 4.70. The summed E-state index contributed by atoms with van der Waals surface area (Å²) in [5.74, 6) is -0.256. The number of aromatic amines is 1. The standard InChI is InChI=1S/C28H31ClN2O4/c1-28(2,3)35-27(33)23-24(34-17-18-9-5-4-6-10-18)26(32)31-25(30-23)22(19-11-7-8-12-19)20-13-15-21(29)16-14-20/h4-6,9-10,13-16,19,22H,7-8,11-12,17H2,1-3H3,(H,30,31,32). The number of carbonyl (C=O) groups excluding carboxylic acids is 1. The normalized spacial score (nSPS) is 15.1. The van der Waals surface area contributed by atoms with Gasteiger partial charge in [0, 0.05) is 10.9 Å². The third-order valence-electron chi connectivity index (χ3n) is 6.11. The Bertz CT molecular complexity index is 1210. The Labute approximate surface area is 210 Å². The van der Waals surface area contributed by atoms with Gasteiger partial charge in [-0.05, 0) is 62.8 Å². The molecule has 0 aliphatic heterocycles. The molecule has 2 aromatic carbocycles. The van der Waals surface area contributed by atoms with Crippen molar-refractivity contribution in [2.24, 2.45) is 5.92 Å². The highest BCUT2D eigenvalue weighted by Gasteiger charge is 2.33. The smallest absolute Gasteiger partial charge is 0.361 e. The zero-order valence-electron chi connectivity index (χ0n) is 20.3. The molecule has 1 saturated carbocycles. The number of carbonyl (C=O) groups is 1. The second-order valence-corrected chi connectivity index (χ2v) is 10.4. The number of nitrogens with one attached hydrogen (secondary N) is 1. The quantitative estimate of drug-likeness (QED) is 0.391. The maximum absolute atomic E-state index is 13.3. The maximum Gasteiger partial charge on any atom is 0.361 e. The molecule has 1 atom stereocenters. The molecule has 1 fully saturated rings. The minimum Gasteiger partial charge on any atom is -0.481 e. The largest absolute Gasteiger partial charge is 0.481 e. The number of rotatable bonds is 7. The van der Waals surface area contributed by atoms with Crippen LogP contribution in [0.2, 0.25) is 5.02 Å². The Morgan fingerprint density at radius 1 is 1.09 bits per heavy atom. The fourth-order valence-electron chi connectivity index (χ4n) is 4.57. The Morgan fingerprint density at radius 2 is 1.74 bits per heavy atom. The molecule has 0 bridgehead atoms. The predicted molar refractivity (Wildman–Crippen MR) is 136 cm³/mol. The number of benzene rings is 2. The topological polar surface area (TPSA) is 81.3 Å². The minimum atomic E-state index is -0.751. The van der Waals surface area contributed by atoms with Crippen molar-refractivity contribution in [3.05, 3.63) is 92.6 Å². The van der Waals surface area contributed by atoms with Crippen molar-refractivity contribution in [3.8, 4) is 5.75 Å². The van der Waals surface area contributed by atoms with Crippen molar-refractivity contribution < 1.29 is 14.3 Å². The summed E-state index contributed by atoms with van der Waals surface area (Å²) in [6.45, 7) is 5.46. The van der Waals surface area contributed by atoms with Crippen LogP contribution < -0.4 is 10.3 Å². The molecule has 0 amide bonds. The number of nitrogens with zero attached hydrogens (tertiary/aromatic N) is 1. The molecule has 0 spiro atoms. The lowest BCUT2D eigenvalue weighted by molar-refractivity contribution is 0.00570. The summed E-state index contributed by atoms with van der Waals surface area (Å²) in [7, 11) is 0. The molecule has 1 aliphatic carbocycles. The Balaban J connectivity index is 1.78. The molecule has 4 rings (SSSR count). The second kappa shape index (κ2) is 10.6. The van der Waals surface area contributed by atoms with Gasteiger partial charge in [0.05, 0.1) is 0 Å². The highest BCUT2D eigenvalue weighted by Crippen LogP contribution is 2.40. The van der Waals surface area contributed by atoms with E-state index in [1.807, 2.05) is 54.6 Å². The molecule has 6 nitrogen and oxygen atoms in total. The van der Waals surface area contributed by atoms with Crippen LogP contribution in [-0.4, -0.2) is 21.5 Å². The number of H-pyrrole nitrogens is 1. The summed E-state index contributed by atoms with van der Waals surface area (Å²) >= 11 is 6.13. The molecule has 184 valence electrons. The van der Waals surface area contributed by atoms with Crippen LogP contribution >= 0.6 is 11.6 Å². The molecule has 1 unspecified atom stereocenters. The minimum absolute atomic E-state index is 0.105. The maximum atomic E-state index is 13.3. The third-order valence-corrected chi connectivity index (χ3v) is 6.36. The molecule has 1 aliphatic rings. The highest BCUT2D eigenvalue weighted by atomic mass is 35.5. The first-order valence-corrected chi connectivity index (χ1v) is 12.4. The van der Waals surface area contributed by atoms with E-state index in [1.54, 1.807) is 20.8 Å². The average Bonchev–Trinajstić information content (AvgIpc) is 3.33. The molecule has 35 heavy (non-hydrogen) atoms. The van der Waals surface area contributed by atoms with E-state index >= 15 is 0 Å². The molecule has 1 aromatic heterocycles. The van der Waals surface area contributed by atoms with Crippen molar-refractivity contribution >= 4 is 17.6 Å². The van der Waals surface area contributed by atoms with Crippen LogP contribution in [0.25, 0.3) is 0 Å². The first-order chi connectivity index (χ1) is 16.7. The SMILES string of the molecule is CC(C)(C)OC(=O)c1nc(C(c2ccc(Cl)cc2)C2CCCC2)[nH]c(=O)c1OCc1ccccc1. The van der Waals surface area contributed by atoms with Crippen LogP contribution in [-0.2, 0) is 11.3 Å². The average molecular weight is 495 g/mol. The highest BCUT2D eigenvalue weighted by molar-refractivity contribution is 6.30. The molecule has 7 heteroatoms. The second-order valence-electron chi connectivity index (χ2n) is 9.98. The molecule has 0 radical (unpaired) electrons. The number of esters is 1. The van der Waals surface area contributed by atoms with Gasteiger partial charge in [0.15, 0.2) is 5.69 Å². The summed E-state index contributed by atoms with van der Waals surface area (Å²) in [5, 5.41) is 0.638. The van der Waals surface area contributed by atoms with Crippen molar-refractivity contribution in [3.63, 3.8) is 0 Å². The van der Waals surface area contributed by atoms with E-state index in [9.17, 15) is 9.59 Å². The number of hydrogen-bond donors (Lipinski definition) is 1. The van der Waals surface area contributed by atoms with Crippen LogP contribution in [0.3, 0.4) is 0 Å². The van der Waals surface area contributed by atoms with Gasteiger partial charge < -0.3 is 14.5 Å². The van der Waals surface area contributed by atoms with Gasteiger partial charge in [-0.1, -0.05) is 66.9 Å². The molecule has 1 heterocycles. The van der Waals surface area contributed by atoms with Crippen LogP contribution in [0.15, 0.2) is 59.4 Å². The van der Waals surface area contributed by atoms with Gasteiger partial charge in [0.1, 0.15) is 18.0 Å². The first kappa shape index (κ1) is 25.0. The van der Waals surface area contributed by atoms with E-state index in [1.165, 1.54) is 0 Å². The van der Waals surface area contributed by atoms with Crippen LogP contribution in [0.1, 0.15) is 79.8 Å². The molecule has 0 saturated heterocycles. The van der Waals surface area contributed by atoms with Gasteiger partial charge in [0.2, 0.25) is 5.75 Å². The van der Waals surface area contributed by atoms with E-state index in [0.717, 1.165) is 36.8 Å². The lowest BCUT2D eigenvalue weighted by Gasteiger charge is -2.25. The number of ether oxygens (including phenoxy) is 2. The first-order valence-electron chi connectivity index (χ1n) is 12.0. The van der Waals surface area contributed by atoms with Crippen molar-refractivity contribution in [1.82, 2.24) is 9.97 Å². The number of aromatic nitrogens is 2. The van der Waals surface area contributed by atoms with Crippen LogP contribution in [0.4, 0.5) is 0 Å². The number of hydrogen-bond acceptors (Lipinski definition) is 5. The summed E-state index contributed by atoms with van der Waals surface area (Å²) in [6, 6.07) is 17.0. The fraction of sp³-hybridized carbons (Fsp3) is 0.393. The van der Waals surface area contributed by atoms with Gasteiger partial charge >= 0.3 is 5.97 Å². The summed E-state index contributed by atoms with van der Waals surface area (Å²) in [5.41, 5.74) is 0.517. The third kappa shape index (κ3) is 6.31. The lowest BCUT2D eigenvalue weighted by Crippen LogP contribution is -2.29. The zero-order valence-corrected chi connectivity index (χ0v) is 21.1. The summed E-state index contributed by atoms with van der Waals surface area (Å²) in [4.78, 5) is 34.1. The van der Waals surface area contributed by atoms with E-state index in [4.69, 9.17) is 21.1 Å². The van der Waals surface area contributed by atoms with E-state index in [-0.39, 0.29) is 24.0 Å². The van der Waals surface area contributed by atoms with Crippen molar-refractivity contribution in [1.29, 1.82) is 0 Å². The molecular formula is C28H31ClN2O4. The molecule has 3 aromatic rings. The van der Waals surface area contributed by atoms with Crippen molar-refractivity contribution in [2.45, 2.75) is 64.6 Å². The van der Waals surface area contributed by atoms with Gasteiger partial charge in [-0.3, -0.25) is 4.79 Å². The Kier molecular flexibility index (Phi) is 7.60. The summed E-state index contributed by atoms with van der Waals surface area (Å²) in [6.07, 6.45) is 4.28. The zero-order chi connectivity index (χ0) is 25.0. The van der Waals surface area contributed by atoms with Gasteiger partial charge in [0.25, 0.3) is 5.56 Å². The van der Waals surface area contributed by atoms with Gasteiger partial charge in [-0.15, -0.1) is 0 Å².